The molecule has 0 radical (unpaired) electrons. The van der Waals surface area contributed by atoms with Crippen molar-refractivity contribution in [2.24, 2.45) is 5.73 Å². The van der Waals surface area contributed by atoms with Crippen LogP contribution in [-0.4, -0.2) is 37.8 Å². The second kappa shape index (κ2) is 4.27. The van der Waals surface area contributed by atoms with Crippen LogP contribution in [0.2, 0.25) is 0 Å². The lowest BCUT2D eigenvalue weighted by molar-refractivity contribution is -0.115. The standard InChI is InChI=1S/C11H12BrN3O3S/c12-8-3-9-6(2-11(16)14-9)1-10(8)19(17,18)15-4-7(13)5-15/h1,3,7H,2,4-5,13H2,(H,14,16). The fraction of sp³-hybridized carbons (Fsp3) is 0.364. The van der Waals surface area contributed by atoms with Crippen molar-refractivity contribution in [2.75, 3.05) is 18.4 Å². The number of fused-ring (bicyclic) bond motifs is 1. The van der Waals surface area contributed by atoms with E-state index in [2.05, 4.69) is 21.2 Å². The van der Waals surface area contributed by atoms with Crippen LogP contribution in [0.1, 0.15) is 5.56 Å². The summed E-state index contributed by atoms with van der Waals surface area (Å²) in [5.74, 6) is -0.123. The van der Waals surface area contributed by atoms with Crippen molar-refractivity contribution in [1.29, 1.82) is 0 Å². The Balaban J connectivity index is 2.02. The number of benzene rings is 1. The predicted octanol–water partition coefficient (Wildman–Crippen LogP) is 0.275. The normalized spacial score (nSPS) is 20.0. The maximum atomic E-state index is 12.4. The van der Waals surface area contributed by atoms with Crippen molar-refractivity contribution < 1.29 is 13.2 Å². The summed E-state index contributed by atoms with van der Waals surface area (Å²) in [6.07, 6.45) is 0.213. The molecule has 102 valence electrons. The molecule has 0 spiro atoms. The molecule has 1 amide bonds. The number of nitrogens with two attached hydrogens (primary N) is 1. The first-order valence-corrected chi connectivity index (χ1v) is 7.99. The number of hydrogen-bond acceptors (Lipinski definition) is 4. The zero-order valence-corrected chi connectivity index (χ0v) is 12.3. The van der Waals surface area contributed by atoms with Gasteiger partial charge in [0.15, 0.2) is 0 Å². The summed E-state index contributed by atoms with van der Waals surface area (Å²) in [7, 11) is -3.54. The summed E-state index contributed by atoms with van der Waals surface area (Å²) < 4.78 is 26.6. The van der Waals surface area contributed by atoms with Gasteiger partial charge in [-0.2, -0.15) is 4.31 Å². The molecule has 19 heavy (non-hydrogen) atoms. The summed E-state index contributed by atoms with van der Waals surface area (Å²) >= 11 is 3.25. The highest BCUT2D eigenvalue weighted by Crippen LogP contribution is 2.34. The second-order valence-electron chi connectivity index (χ2n) is 4.75. The minimum Gasteiger partial charge on any atom is -0.325 e. The fourth-order valence-corrected chi connectivity index (χ4v) is 4.84. The van der Waals surface area contributed by atoms with E-state index in [1.54, 1.807) is 12.1 Å². The maximum absolute atomic E-state index is 12.4. The van der Waals surface area contributed by atoms with Crippen molar-refractivity contribution in [2.45, 2.75) is 17.4 Å². The number of sulfonamides is 1. The maximum Gasteiger partial charge on any atom is 0.244 e. The average molecular weight is 346 g/mol. The lowest BCUT2D eigenvalue weighted by Gasteiger charge is -2.35. The number of carbonyl (C=O) groups is 1. The van der Waals surface area contributed by atoms with Gasteiger partial charge in [0.25, 0.3) is 0 Å². The first kappa shape index (κ1) is 13.0. The average Bonchev–Trinajstić information content (AvgIpc) is 2.62. The Morgan fingerprint density at radius 2 is 2.05 bits per heavy atom. The summed E-state index contributed by atoms with van der Waals surface area (Å²) in [6, 6.07) is 3.09. The van der Waals surface area contributed by atoms with Crippen LogP contribution in [0.15, 0.2) is 21.5 Å². The molecule has 3 N–H and O–H groups in total. The van der Waals surface area contributed by atoms with Gasteiger partial charge in [-0.3, -0.25) is 4.79 Å². The van der Waals surface area contributed by atoms with E-state index < -0.39 is 10.0 Å². The summed E-state index contributed by atoms with van der Waals surface area (Å²) in [5, 5.41) is 2.68. The van der Waals surface area contributed by atoms with Gasteiger partial charge in [0.1, 0.15) is 0 Å². The van der Waals surface area contributed by atoms with Crippen LogP contribution in [-0.2, 0) is 21.2 Å². The topological polar surface area (TPSA) is 92.5 Å². The molecule has 0 aromatic heterocycles. The molecule has 1 aromatic rings. The van der Waals surface area contributed by atoms with E-state index in [-0.39, 0.29) is 23.3 Å². The van der Waals surface area contributed by atoms with E-state index in [1.807, 2.05) is 0 Å². The molecule has 2 aliphatic rings. The van der Waals surface area contributed by atoms with Crippen LogP contribution in [0.5, 0.6) is 0 Å². The molecule has 0 bridgehead atoms. The molecule has 6 nitrogen and oxygen atoms in total. The first-order valence-electron chi connectivity index (χ1n) is 5.76. The summed E-state index contributed by atoms with van der Waals surface area (Å²) in [4.78, 5) is 11.5. The van der Waals surface area contributed by atoms with Gasteiger partial charge >= 0.3 is 0 Å². The molecule has 1 fully saturated rings. The Morgan fingerprint density at radius 1 is 1.37 bits per heavy atom. The molecule has 0 aliphatic carbocycles. The number of halogens is 1. The lowest BCUT2D eigenvalue weighted by Crippen LogP contribution is -2.57. The van der Waals surface area contributed by atoms with E-state index in [1.165, 1.54) is 4.31 Å². The number of nitrogens with zero attached hydrogens (tertiary/aromatic N) is 1. The molecule has 8 heteroatoms. The van der Waals surface area contributed by atoms with Gasteiger partial charge in [-0.15, -0.1) is 0 Å². The molecule has 2 heterocycles. The Labute approximate surface area is 119 Å². The van der Waals surface area contributed by atoms with E-state index in [0.717, 1.165) is 0 Å². The first-order chi connectivity index (χ1) is 8.88. The Bertz CT molecular complexity index is 668. The summed E-state index contributed by atoms with van der Waals surface area (Å²) in [6.45, 7) is 0.673. The Hall–Kier alpha value is -0.960. The smallest absolute Gasteiger partial charge is 0.244 e. The van der Waals surface area contributed by atoms with E-state index in [0.29, 0.717) is 28.8 Å². The SMILES string of the molecule is NC1CN(S(=O)(=O)c2cc3c(cc2Br)NC(=O)C3)C1. The van der Waals surface area contributed by atoms with Gasteiger partial charge in [-0.05, 0) is 33.6 Å². The van der Waals surface area contributed by atoms with Crippen LogP contribution in [0.3, 0.4) is 0 Å². The minimum atomic E-state index is -3.54. The highest BCUT2D eigenvalue weighted by atomic mass is 79.9. The van der Waals surface area contributed by atoms with Gasteiger partial charge in [0, 0.05) is 29.3 Å². The lowest BCUT2D eigenvalue weighted by atomic mass is 10.2. The van der Waals surface area contributed by atoms with Crippen molar-refractivity contribution in [3.63, 3.8) is 0 Å². The number of rotatable bonds is 2. The second-order valence-corrected chi connectivity index (χ2v) is 7.51. The number of anilines is 1. The van der Waals surface area contributed by atoms with Gasteiger partial charge in [0.2, 0.25) is 15.9 Å². The van der Waals surface area contributed by atoms with Gasteiger partial charge < -0.3 is 11.1 Å². The predicted molar refractivity (Wildman–Crippen MR) is 73.2 cm³/mol. The largest absolute Gasteiger partial charge is 0.325 e. The zero-order valence-electron chi connectivity index (χ0n) is 9.89. The quantitative estimate of drug-likeness (QED) is 0.804. The van der Waals surface area contributed by atoms with Gasteiger partial charge in [-0.25, -0.2) is 8.42 Å². The molecule has 1 saturated heterocycles. The third-order valence-corrected chi connectivity index (χ3v) is 6.07. The molecule has 3 rings (SSSR count). The highest BCUT2D eigenvalue weighted by Gasteiger charge is 2.36. The number of hydrogen-bond donors (Lipinski definition) is 2. The molecule has 0 saturated carbocycles. The van der Waals surface area contributed by atoms with Crippen molar-refractivity contribution in [1.82, 2.24) is 4.31 Å². The van der Waals surface area contributed by atoms with Crippen LogP contribution in [0.4, 0.5) is 5.69 Å². The molecular weight excluding hydrogens is 334 g/mol. The Kier molecular flexibility index (Phi) is 2.93. The minimum absolute atomic E-state index is 0.0915. The van der Waals surface area contributed by atoms with Crippen LogP contribution in [0.25, 0.3) is 0 Å². The third-order valence-electron chi connectivity index (χ3n) is 3.28. The Morgan fingerprint density at radius 3 is 2.68 bits per heavy atom. The molecule has 1 aromatic carbocycles. The molecule has 0 atom stereocenters. The van der Waals surface area contributed by atoms with Crippen molar-refractivity contribution in [3.8, 4) is 0 Å². The van der Waals surface area contributed by atoms with E-state index >= 15 is 0 Å². The van der Waals surface area contributed by atoms with Crippen molar-refractivity contribution >= 4 is 37.5 Å². The van der Waals surface area contributed by atoms with Crippen molar-refractivity contribution in [3.05, 3.63) is 22.2 Å². The number of carbonyl (C=O) groups excluding carboxylic acids is 1. The van der Waals surface area contributed by atoms with E-state index in [4.69, 9.17) is 5.73 Å². The zero-order chi connectivity index (χ0) is 13.8. The number of amides is 1. The summed E-state index contributed by atoms with van der Waals surface area (Å²) in [5.41, 5.74) is 6.99. The van der Waals surface area contributed by atoms with Crippen LogP contribution >= 0.6 is 15.9 Å². The molecule has 2 aliphatic heterocycles. The monoisotopic (exact) mass is 345 g/mol. The molecular formula is C11H12BrN3O3S. The third kappa shape index (κ3) is 2.08. The highest BCUT2D eigenvalue weighted by molar-refractivity contribution is 9.10. The molecule has 0 unspecified atom stereocenters. The van der Waals surface area contributed by atoms with E-state index in [9.17, 15) is 13.2 Å². The van der Waals surface area contributed by atoms with Crippen LogP contribution in [0, 0.1) is 0 Å². The van der Waals surface area contributed by atoms with Crippen LogP contribution < -0.4 is 11.1 Å². The fourth-order valence-electron chi connectivity index (χ4n) is 2.23. The van der Waals surface area contributed by atoms with Gasteiger partial charge in [-0.1, -0.05) is 0 Å². The number of nitrogens with one attached hydrogen (secondary N) is 1. The van der Waals surface area contributed by atoms with Gasteiger partial charge in [0.05, 0.1) is 11.3 Å².